The number of unbranched alkanes of at least 4 members (excludes halogenated alkanes) is 2. The van der Waals surface area contributed by atoms with Crippen LogP contribution in [0.15, 0.2) is 84.2 Å². The molecule has 15 atom stereocenters. The molecule has 2 N–H and O–H groups in total. The Morgan fingerprint density at radius 2 is 1.21 bits per heavy atom. The van der Waals surface area contributed by atoms with Crippen molar-refractivity contribution in [1.29, 1.82) is 0 Å². The predicted octanol–water partition coefficient (Wildman–Crippen LogP) is 15.3. The van der Waals surface area contributed by atoms with Crippen molar-refractivity contribution in [3.63, 3.8) is 0 Å². The van der Waals surface area contributed by atoms with E-state index in [0.717, 1.165) is 117 Å². The number of fused-ring (bicyclic) bond motifs is 4. The average Bonchev–Trinajstić information content (AvgIpc) is 1.58. The van der Waals surface area contributed by atoms with Crippen LogP contribution in [-0.2, 0) is 60.5 Å². The minimum atomic E-state index is -2.07. The van der Waals surface area contributed by atoms with Crippen LogP contribution in [0.2, 0.25) is 18.1 Å². The second-order valence-corrected chi connectivity index (χ2v) is 35.1. The number of allylic oxidation sites excluding steroid dienone is 3. The fourth-order valence-corrected chi connectivity index (χ4v) is 19.2. The minimum Gasteiger partial charge on any atom is -0.502 e. The van der Waals surface area contributed by atoms with Crippen molar-refractivity contribution in [2.24, 2.45) is 80.8 Å². The smallest absolute Gasteiger partial charge is 0.317 e. The summed E-state index contributed by atoms with van der Waals surface area (Å²) in [7, 11) is 1.19. The monoisotopic (exact) mass is 1280 g/mol. The molecule has 14 nitrogen and oxygen atoms in total. The maximum absolute atomic E-state index is 14.6. The summed E-state index contributed by atoms with van der Waals surface area (Å²) in [5.74, 6) is 2.17. The SMILES string of the molecule is C1=COCCC1.COc1ccc(COC(=O)[C@@]23CC(C=C2C(C)C)C[C@]3(C=O)C2CC(O)C(C)C2CCCCOC2CCCCO2)cc1.COc1ccc(COC(=O)[C@@]23CC(C=C2C(C)C)C[C@]3(C=O)C2CC(O[Si](C)(C)C(C)(C)C)C(C)C2CCCCO)cc1. The Morgan fingerprint density at radius 1 is 0.692 bits per heavy atom. The Bertz CT molecular complexity index is 2790. The topological polar surface area (TPSA) is 183 Å². The average molecular weight is 1280 g/mol. The fraction of sp³-hybridized carbons (Fsp3) is 0.711. The molecule has 6 aliphatic carbocycles. The van der Waals surface area contributed by atoms with Crippen molar-refractivity contribution in [2.45, 2.75) is 221 Å². The van der Waals surface area contributed by atoms with Crippen molar-refractivity contribution < 1.29 is 67.0 Å². The van der Waals surface area contributed by atoms with Gasteiger partial charge in [-0.3, -0.25) is 9.59 Å². The first-order valence-corrected chi connectivity index (χ1v) is 37.8. The Labute approximate surface area is 546 Å². The van der Waals surface area contributed by atoms with Crippen LogP contribution < -0.4 is 9.47 Å². The third-order valence-electron chi connectivity index (χ3n) is 23.4. The largest absolute Gasteiger partial charge is 0.502 e. The first-order chi connectivity index (χ1) is 43.4. The second-order valence-electron chi connectivity index (χ2n) is 30.3. The molecular formula is C76H114O14Si. The number of aliphatic hydroxyl groups excluding tert-OH is 2. The zero-order valence-corrected chi connectivity index (χ0v) is 58.6. The van der Waals surface area contributed by atoms with Crippen molar-refractivity contribution >= 4 is 32.8 Å². The van der Waals surface area contributed by atoms with E-state index in [2.05, 4.69) is 87.6 Å². The highest BCUT2D eigenvalue weighted by Crippen LogP contribution is 2.73. The highest BCUT2D eigenvalue weighted by Gasteiger charge is 2.74. The van der Waals surface area contributed by atoms with Gasteiger partial charge in [0.2, 0.25) is 0 Å². The molecule has 0 aromatic heterocycles. The van der Waals surface area contributed by atoms with Crippen LogP contribution in [-0.4, -0.2) is 102 Å². The highest BCUT2D eigenvalue weighted by molar-refractivity contribution is 6.74. The van der Waals surface area contributed by atoms with Crippen LogP contribution in [0, 0.1) is 80.8 Å². The third kappa shape index (κ3) is 15.1. The van der Waals surface area contributed by atoms with E-state index >= 15 is 0 Å². The first-order valence-electron chi connectivity index (χ1n) is 34.9. The molecule has 1 saturated heterocycles. The molecule has 506 valence electrons. The predicted molar refractivity (Wildman–Crippen MR) is 357 cm³/mol. The molecule has 2 heterocycles. The number of methoxy groups -OCH3 is 2. The summed E-state index contributed by atoms with van der Waals surface area (Å²) in [5, 5.41) is 20.8. The van der Waals surface area contributed by atoms with Gasteiger partial charge in [-0.15, -0.1) is 0 Å². The van der Waals surface area contributed by atoms with Crippen LogP contribution in [0.1, 0.15) is 183 Å². The van der Waals surface area contributed by atoms with E-state index in [1.165, 1.54) is 19.1 Å². The van der Waals surface area contributed by atoms with Gasteiger partial charge in [0.1, 0.15) is 48.1 Å². The van der Waals surface area contributed by atoms with Crippen LogP contribution >= 0.6 is 0 Å². The molecule has 4 bridgehead atoms. The molecule has 0 radical (unpaired) electrons. The van der Waals surface area contributed by atoms with E-state index in [-0.39, 0.29) is 108 Å². The third-order valence-corrected chi connectivity index (χ3v) is 27.9. The van der Waals surface area contributed by atoms with E-state index in [0.29, 0.717) is 38.7 Å². The maximum atomic E-state index is 14.6. The van der Waals surface area contributed by atoms with Gasteiger partial charge in [0.15, 0.2) is 14.6 Å². The summed E-state index contributed by atoms with van der Waals surface area (Å²) >= 11 is 0. The van der Waals surface area contributed by atoms with Crippen LogP contribution in [0.25, 0.3) is 0 Å². The Morgan fingerprint density at radius 3 is 1.63 bits per heavy atom. The summed E-state index contributed by atoms with van der Waals surface area (Å²) in [6, 6.07) is 15.1. The number of carbonyl (C=O) groups excluding carboxylic acids is 4. The molecule has 2 aliphatic heterocycles. The first kappa shape index (κ1) is 72.2. The lowest BCUT2D eigenvalue weighted by molar-refractivity contribution is -0.168. The number of hydrogen-bond donors (Lipinski definition) is 2. The zero-order chi connectivity index (χ0) is 65.9. The van der Waals surface area contributed by atoms with Gasteiger partial charge < -0.3 is 57.4 Å². The molecule has 10 rings (SSSR count). The molecular weight excluding hydrogens is 1160 g/mol. The molecule has 91 heavy (non-hydrogen) atoms. The molecule has 0 spiro atoms. The Balaban J connectivity index is 0.000000214. The summed E-state index contributed by atoms with van der Waals surface area (Å²) < 4.78 is 46.5. The number of aldehydes is 2. The van der Waals surface area contributed by atoms with Crippen molar-refractivity contribution in [3.05, 3.63) is 95.3 Å². The number of ether oxygens (including phenoxy) is 7. The van der Waals surface area contributed by atoms with Gasteiger partial charge in [0.25, 0.3) is 0 Å². The molecule has 4 saturated carbocycles. The van der Waals surface area contributed by atoms with Crippen LogP contribution in [0.5, 0.6) is 11.5 Å². The summed E-state index contributed by atoms with van der Waals surface area (Å²) in [6.45, 7) is 27.1. The summed E-state index contributed by atoms with van der Waals surface area (Å²) in [6.07, 6.45) is 24.9. The lowest BCUT2D eigenvalue weighted by atomic mass is 9.52. The van der Waals surface area contributed by atoms with E-state index < -0.39 is 36.1 Å². The summed E-state index contributed by atoms with van der Waals surface area (Å²) in [5.41, 5.74) is 0.205. The fourth-order valence-electron chi connectivity index (χ4n) is 17.8. The second kappa shape index (κ2) is 31.3. The quantitative estimate of drug-likeness (QED) is 0.0298. The van der Waals surface area contributed by atoms with Gasteiger partial charge >= 0.3 is 11.9 Å². The zero-order valence-electron chi connectivity index (χ0n) is 57.6. The number of aliphatic hydroxyl groups is 2. The lowest BCUT2D eigenvalue weighted by Crippen LogP contribution is -2.53. The van der Waals surface area contributed by atoms with Crippen LogP contribution in [0.3, 0.4) is 0 Å². The van der Waals surface area contributed by atoms with E-state index in [9.17, 15) is 29.4 Å². The van der Waals surface area contributed by atoms with Gasteiger partial charge in [-0.2, -0.15) is 0 Å². The maximum Gasteiger partial charge on any atom is 0.317 e. The van der Waals surface area contributed by atoms with Crippen molar-refractivity contribution in [2.75, 3.05) is 40.6 Å². The molecule has 11 unspecified atom stereocenters. The molecule has 2 aromatic rings. The lowest BCUT2D eigenvalue weighted by Gasteiger charge is -2.49. The number of carbonyl (C=O) groups is 4. The molecule has 8 aliphatic rings. The Hall–Kier alpha value is -4.64. The highest BCUT2D eigenvalue weighted by atomic mass is 28.4. The summed E-state index contributed by atoms with van der Waals surface area (Å²) in [4.78, 5) is 56.1. The van der Waals surface area contributed by atoms with Gasteiger partial charge in [-0.25, -0.2) is 0 Å². The van der Waals surface area contributed by atoms with E-state index in [4.69, 9.17) is 37.6 Å². The van der Waals surface area contributed by atoms with Crippen molar-refractivity contribution in [1.82, 2.24) is 0 Å². The van der Waals surface area contributed by atoms with Crippen LogP contribution in [0.4, 0.5) is 0 Å². The standard InChI is InChI=1S/C36H56O6Si.C35H50O7.C5H8O/c1-24(2)30-18-27-20-35(23-38,36(30,21-27)33(39)41-22-26-13-15-28(40-7)16-14-26)31-19-32(42-43(8,9)34(4,5)6)25(3)29(31)12-10-11-17-37;1-23(2)29-17-26-19-34(22-36,35(29,20-26)33(38)42-21-25-11-13-27(39-4)14-12-25)30-18-31(37)24(3)28(30)9-5-7-15-40-32-10-6-8-16-41-32;1-2-4-6-5-3-1/h13-16,18,23-25,27,29,31-32,37H,10-12,17,19-22H2,1-9H3;11-14,17,22-24,26,28,30-32,37H,5-10,15-16,18-21H2,1-4H3;2,4H,1,3,5H2/t25?,27?,29?,31?,32?,35-,36+;24?,26?,28?,30?,31?,32?,34-,35+;/m00./s1. The van der Waals surface area contributed by atoms with Gasteiger partial charge in [0.05, 0.1) is 33.2 Å². The minimum absolute atomic E-state index is 0.00875. The number of hydrogen-bond acceptors (Lipinski definition) is 14. The van der Waals surface area contributed by atoms with Crippen molar-refractivity contribution in [3.8, 4) is 11.5 Å². The van der Waals surface area contributed by atoms with Gasteiger partial charge in [-0.05, 0) is 215 Å². The van der Waals surface area contributed by atoms with Gasteiger partial charge in [-0.1, -0.05) is 123 Å². The number of esters is 2. The number of rotatable bonds is 26. The molecule has 2 aromatic carbocycles. The van der Waals surface area contributed by atoms with Gasteiger partial charge in [0, 0.05) is 36.8 Å². The number of benzene rings is 2. The normalized spacial score (nSPS) is 33.1. The Kier molecular flexibility index (Phi) is 24.8. The van der Waals surface area contributed by atoms with E-state index in [1.807, 2.05) is 54.6 Å². The molecule has 0 amide bonds. The molecule has 15 heteroatoms. The molecule has 5 fully saturated rings. The van der Waals surface area contributed by atoms with E-state index in [1.54, 1.807) is 20.5 Å².